The van der Waals surface area contributed by atoms with E-state index in [4.69, 9.17) is 8.83 Å². The lowest BCUT2D eigenvalue weighted by atomic mass is 10.1. The lowest BCUT2D eigenvalue weighted by molar-refractivity contribution is 0.0961. The first-order chi connectivity index (χ1) is 11.7. The highest BCUT2D eigenvalue weighted by Crippen LogP contribution is 2.32. The van der Waals surface area contributed by atoms with Gasteiger partial charge in [-0.05, 0) is 48.4 Å². The molecule has 3 heterocycles. The highest BCUT2D eigenvalue weighted by molar-refractivity contribution is 6.07. The van der Waals surface area contributed by atoms with E-state index in [1.165, 1.54) is 12.5 Å². The van der Waals surface area contributed by atoms with Crippen molar-refractivity contribution in [2.24, 2.45) is 0 Å². The fourth-order valence-corrected chi connectivity index (χ4v) is 2.80. The van der Waals surface area contributed by atoms with E-state index in [1.807, 2.05) is 12.1 Å². The molecule has 0 fully saturated rings. The van der Waals surface area contributed by atoms with Crippen molar-refractivity contribution in [2.45, 2.75) is 6.42 Å². The molecule has 0 bridgehead atoms. The maximum absolute atomic E-state index is 12.5. The Morgan fingerprint density at radius 3 is 2.46 bits per heavy atom. The summed E-state index contributed by atoms with van der Waals surface area (Å²) < 4.78 is 10.3. The van der Waals surface area contributed by atoms with Crippen molar-refractivity contribution in [1.82, 2.24) is 0 Å². The van der Waals surface area contributed by atoms with Crippen molar-refractivity contribution in [2.75, 3.05) is 16.8 Å². The predicted molar refractivity (Wildman–Crippen MR) is 87.2 cm³/mol. The number of furan rings is 2. The van der Waals surface area contributed by atoms with Crippen molar-refractivity contribution < 1.29 is 18.4 Å². The van der Waals surface area contributed by atoms with Gasteiger partial charge in [-0.3, -0.25) is 9.59 Å². The van der Waals surface area contributed by atoms with Gasteiger partial charge in [0.1, 0.15) is 0 Å². The second kappa shape index (κ2) is 5.73. The number of nitrogens with zero attached hydrogens (tertiary/aromatic N) is 1. The van der Waals surface area contributed by atoms with Gasteiger partial charge in [0.15, 0.2) is 11.5 Å². The van der Waals surface area contributed by atoms with Gasteiger partial charge in [-0.25, -0.2) is 0 Å². The minimum Gasteiger partial charge on any atom is -0.459 e. The Hall–Kier alpha value is -3.28. The van der Waals surface area contributed by atoms with Crippen LogP contribution in [-0.4, -0.2) is 18.4 Å². The van der Waals surface area contributed by atoms with Crippen molar-refractivity contribution in [1.29, 1.82) is 0 Å². The Morgan fingerprint density at radius 1 is 1.00 bits per heavy atom. The summed E-state index contributed by atoms with van der Waals surface area (Å²) in [6.07, 6.45) is 3.69. The van der Waals surface area contributed by atoms with Crippen LogP contribution in [0, 0.1) is 0 Å². The van der Waals surface area contributed by atoms with Gasteiger partial charge in [-0.2, -0.15) is 0 Å². The van der Waals surface area contributed by atoms with E-state index in [1.54, 1.807) is 35.2 Å². The van der Waals surface area contributed by atoms with Crippen LogP contribution < -0.4 is 10.2 Å². The number of benzene rings is 1. The predicted octanol–water partition coefficient (Wildman–Crippen LogP) is 3.33. The van der Waals surface area contributed by atoms with Gasteiger partial charge >= 0.3 is 0 Å². The molecule has 120 valence electrons. The molecule has 24 heavy (non-hydrogen) atoms. The summed E-state index contributed by atoms with van der Waals surface area (Å²) in [5, 5.41) is 2.77. The van der Waals surface area contributed by atoms with Crippen molar-refractivity contribution in [3.8, 4) is 0 Å². The largest absolute Gasteiger partial charge is 0.459 e. The summed E-state index contributed by atoms with van der Waals surface area (Å²) in [6, 6.07) is 12.1. The van der Waals surface area contributed by atoms with Gasteiger partial charge in [-0.1, -0.05) is 6.07 Å². The molecule has 2 amide bonds. The fourth-order valence-electron chi connectivity index (χ4n) is 2.80. The highest BCUT2D eigenvalue weighted by Gasteiger charge is 2.27. The molecule has 1 aliphatic heterocycles. The first kappa shape index (κ1) is 14.3. The van der Waals surface area contributed by atoms with Gasteiger partial charge < -0.3 is 19.1 Å². The molecule has 0 saturated heterocycles. The van der Waals surface area contributed by atoms with Crippen LogP contribution >= 0.6 is 0 Å². The summed E-state index contributed by atoms with van der Waals surface area (Å²) in [4.78, 5) is 26.3. The number of hydrogen-bond acceptors (Lipinski definition) is 4. The average molecular weight is 322 g/mol. The molecule has 0 aliphatic carbocycles. The number of carbonyl (C=O) groups is 2. The van der Waals surface area contributed by atoms with Crippen LogP contribution in [0.2, 0.25) is 0 Å². The first-order valence-corrected chi connectivity index (χ1v) is 7.55. The molecule has 2 aromatic heterocycles. The minimum atomic E-state index is -0.332. The quantitative estimate of drug-likeness (QED) is 0.802. The van der Waals surface area contributed by atoms with Crippen LogP contribution in [0.25, 0.3) is 0 Å². The molecule has 0 spiro atoms. The molecule has 0 saturated carbocycles. The van der Waals surface area contributed by atoms with Gasteiger partial charge in [0.05, 0.1) is 12.5 Å². The van der Waals surface area contributed by atoms with Gasteiger partial charge in [0, 0.05) is 17.9 Å². The summed E-state index contributed by atoms with van der Waals surface area (Å²) in [7, 11) is 0. The molecular weight excluding hydrogens is 308 g/mol. The number of nitrogens with one attached hydrogen (secondary N) is 1. The van der Waals surface area contributed by atoms with E-state index in [0.29, 0.717) is 18.0 Å². The summed E-state index contributed by atoms with van der Waals surface area (Å²) in [5.74, 6) is 0.0157. The molecule has 1 aliphatic rings. The van der Waals surface area contributed by atoms with E-state index >= 15 is 0 Å². The number of rotatable bonds is 3. The second-order valence-corrected chi connectivity index (χ2v) is 5.46. The third kappa shape index (κ3) is 2.48. The van der Waals surface area contributed by atoms with Crippen LogP contribution in [0.3, 0.4) is 0 Å². The fraction of sp³-hybridized carbons (Fsp3) is 0.111. The Balaban J connectivity index is 1.59. The number of fused-ring (bicyclic) bond motifs is 1. The zero-order chi connectivity index (χ0) is 16.5. The number of carbonyl (C=O) groups excluding carboxylic acids is 2. The average Bonchev–Trinajstić information content (AvgIpc) is 3.33. The first-order valence-electron chi connectivity index (χ1n) is 7.55. The SMILES string of the molecule is O=C(Nc1ccc2c(c1)N(C(=O)c1ccco1)CC2)c1ccco1. The zero-order valence-corrected chi connectivity index (χ0v) is 12.7. The van der Waals surface area contributed by atoms with Crippen molar-refractivity contribution >= 4 is 23.2 Å². The Labute approximate surface area is 137 Å². The molecule has 4 rings (SSSR count). The molecule has 6 heteroatoms. The molecule has 1 aromatic carbocycles. The molecular formula is C18H14N2O4. The summed E-state index contributed by atoms with van der Waals surface area (Å²) in [6.45, 7) is 0.588. The summed E-state index contributed by atoms with van der Waals surface area (Å²) in [5.41, 5.74) is 2.45. The van der Waals surface area contributed by atoms with Crippen LogP contribution in [0.4, 0.5) is 11.4 Å². The zero-order valence-electron chi connectivity index (χ0n) is 12.7. The number of hydrogen-bond donors (Lipinski definition) is 1. The third-order valence-corrected chi connectivity index (χ3v) is 3.96. The Kier molecular flexibility index (Phi) is 3.42. The second-order valence-electron chi connectivity index (χ2n) is 5.46. The maximum atomic E-state index is 12.5. The van der Waals surface area contributed by atoms with Gasteiger partial charge in [0.2, 0.25) is 0 Å². The van der Waals surface area contributed by atoms with E-state index in [-0.39, 0.29) is 17.6 Å². The standard InChI is InChI=1S/C18H14N2O4/c21-17(15-3-1-9-23-15)19-13-6-5-12-7-8-20(14(12)11-13)18(22)16-4-2-10-24-16/h1-6,9-11H,7-8H2,(H,19,21). The molecule has 0 atom stereocenters. The monoisotopic (exact) mass is 322 g/mol. The third-order valence-electron chi connectivity index (χ3n) is 3.96. The summed E-state index contributed by atoms with van der Waals surface area (Å²) >= 11 is 0. The van der Waals surface area contributed by atoms with E-state index in [9.17, 15) is 9.59 Å². The molecule has 1 N–H and O–H groups in total. The molecule has 6 nitrogen and oxygen atoms in total. The van der Waals surface area contributed by atoms with E-state index in [0.717, 1.165) is 17.7 Å². The topological polar surface area (TPSA) is 75.7 Å². The van der Waals surface area contributed by atoms with Crippen molar-refractivity contribution in [3.63, 3.8) is 0 Å². The minimum absolute atomic E-state index is 0.187. The normalized spacial score (nSPS) is 12.9. The van der Waals surface area contributed by atoms with Crippen LogP contribution in [0.5, 0.6) is 0 Å². The van der Waals surface area contributed by atoms with Crippen molar-refractivity contribution in [3.05, 3.63) is 72.1 Å². The van der Waals surface area contributed by atoms with Gasteiger partial charge in [-0.15, -0.1) is 0 Å². The van der Waals surface area contributed by atoms with Crippen LogP contribution in [-0.2, 0) is 6.42 Å². The maximum Gasteiger partial charge on any atom is 0.293 e. The van der Waals surface area contributed by atoms with E-state index < -0.39 is 0 Å². The Morgan fingerprint density at radius 2 is 1.75 bits per heavy atom. The van der Waals surface area contributed by atoms with Gasteiger partial charge in [0.25, 0.3) is 11.8 Å². The number of amides is 2. The van der Waals surface area contributed by atoms with Crippen LogP contribution in [0.1, 0.15) is 26.7 Å². The lowest BCUT2D eigenvalue weighted by Crippen LogP contribution is -2.28. The molecule has 0 radical (unpaired) electrons. The lowest BCUT2D eigenvalue weighted by Gasteiger charge is -2.16. The highest BCUT2D eigenvalue weighted by atomic mass is 16.3. The smallest absolute Gasteiger partial charge is 0.293 e. The molecule has 3 aromatic rings. The number of anilines is 2. The Bertz CT molecular complexity index is 882. The van der Waals surface area contributed by atoms with E-state index in [2.05, 4.69) is 5.32 Å². The molecule has 0 unspecified atom stereocenters. The van der Waals surface area contributed by atoms with Crippen LogP contribution in [0.15, 0.2) is 63.8 Å².